The van der Waals surface area contributed by atoms with Crippen LogP contribution >= 0.6 is 11.3 Å². The molecular weight excluding hydrogens is 446 g/mol. The second-order valence-electron chi connectivity index (χ2n) is 9.49. The molecule has 3 aliphatic rings. The molecule has 1 fully saturated rings. The van der Waals surface area contributed by atoms with E-state index in [0.717, 1.165) is 104 Å². The monoisotopic (exact) mass is 473 g/mol. The molecule has 0 radical (unpaired) electrons. The number of ether oxygens (including phenoxy) is 1. The van der Waals surface area contributed by atoms with E-state index in [1.807, 2.05) is 4.57 Å². The van der Waals surface area contributed by atoms with Gasteiger partial charge in [0.25, 0.3) is 5.56 Å². The molecule has 0 spiro atoms. The van der Waals surface area contributed by atoms with Gasteiger partial charge in [-0.25, -0.2) is 9.97 Å². The highest BCUT2D eigenvalue weighted by Gasteiger charge is 2.29. The fraction of sp³-hybridized carbons (Fsp3) is 0.423. The van der Waals surface area contributed by atoms with Gasteiger partial charge in [0, 0.05) is 56.6 Å². The number of rotatable bonds is 3. The number of thiophene rings is 1. The Labute approximate surface area is 201 Å². The number of benzene rings is 1. The molecule has 34 heavy (non-hydrogen) atoms. The first-order chi connectivity index (χ1) is 16.8. The third kappa shape index (κ3) is 3.27. The summed E-state index contributed by atoms with van der Waals surface area (Å²) in [5, 5.41) is 1.12. The van der Waals surface area contributed by atoms with Gasteiger partial charge in [-0.05, 0) is 24.0 Å². The Morgan fingerprint density at radius 2 is 1.82 bits per heavy atom. The highest BCUT2D eigenvalue weighted by Crippen LogP contribution is 2.40. The first kappa shape index (κ1) is 20.6. The summed E-state index contributed by atoms with van der Waals surface area (Å²) in [6.45, 7) is 6.72. The first-order valence-electron chi connectivity index (χ1n) is 12.2. The molecule has 3 aliphatic heterocycles. The normalized spacial score (nSPS) is 18.5. The standard InChI is InChI=1S/C26H27N5O2S/c32-26-23-22(27-20-7-4-9-31(20)26)21-18-8-10-29(15-17-5-2-1-3-6-17)16-19(18)24(28-25(21)34-23)30-11-13-33-14-12-30/h1-3,5-6H,4,7-16H2. The van der Waals surface area contributed by atoms with Crippen molar-refractivity contribution in [1.29, 1.82) is 0 Å². The Kier molecular flexibility index (Phi) is 4.93. The molecule has 4 aromatic rings. The maximum Gasteiger partial charge on any atom is 0.271 e. The largest absolute Gasteiger partial charge is 0.378 e. The molecule has 174 valence electrons. The highest BCUT2D eigenvalue weighted by molar-refractivity contribution is 7.25. The van der Waals surface area contributed by atoms with Gasteiger partial charge in [0.1, 0.15) is 21.2 Å². The Morgan fingerprint density at radius 1 is 0.971 bits per heavy atom. The van der Waals surface area contributed by atoms with E-state index >= 15 is 0 Å². The van der Waals surface area contributed by atoms with Crippen LogP contribution in [0.5, 0.6) is 0 Å². The van der Waals surface area contributed by atoms with E-state index in [4.69, 9.17) is 14.7 Å². The van der Waals surface area contributed by atoms with Crippen LogP contribution < -0.4 is 10.5 Å². The van der Waals surface area contributed by atoms with Gasteiger partial charge in [0.05, 0.1) is 18.7 Å². The minimum Gasteiger partial charge on any atom is -0.378 e. The molecule has 7 nitrogen and oxygen atoms in total. The number of anilines is 1. The Hall–Kier alpha value is -2.81. The predicted molar refractivity (Wildman–Crippen MR) is 135 cm³/mol. The maximum absolute atomic E-state index is 13.3. The van der Waals surface area contributed by atoms with Crippen molar-refractivity contribution >= 4 is 37.6 Å². The molecular formula is C26H27N5O2S. The fourth-order valence-electron chi connectivity index (χ4n) is 5.74. The zero-order valence-corrected chi connectivity index (χ0v) is 19.9. The van der Waals surface area contributed by atoms with Crippen LogP contribution in [0.1, 0.15) is 28.9 Å². The average Bonchev–Trinajstić information content (AvgIpc) is 3.50. The van der Waals surface area contributed by atoms with E-state index < -0.39 is 0 Å². The van der Waals surface area contributed by atoms with E-state index in [9.17, 15) is 4.79 Å². The van der Waals surface area contributed by atoms with E-state index in [1.54, 1.807) is 0 Å². The Morgan fingerprint density at radius 3 is 2.68 bits per heavy atom. The molecule has 0 N–H and O–H groups in total. The number of pyridine rings is 1. The van der Waals surface area contributed by atoms with Gasteiger partial charge in [-0.3, -0.25) is 14.3 Å². The van der Waals surface area contributed by atoms with Crippen molar-refractivity contribution in [2.24, 2.45) is 0 Å². The van der Waals surface area contributed by atoms with Crippen LogP contribution in [0.15, 0.2) is 35.1 Å². The second-order valence-corrected chi connectivity index (χ2v) is 10.5. The van der Waals surface area contributed by atoms with Crippen molar-refractivity contribution < 1.29 is 4.74 Å². The molecule has 0 amide bonds. The van der Waals surface area contributed by atoms with Crippen LogP contribution in [0.3, 0.4) is 0 Å². The smallest absolute Gasteiger partial charge is 0.271 e. The maximum atomic E-state index is 13.3. The molecule has 7 rings (SSSR count). The number of morpholine rings is 1. The van der Waals surface area contributed by atoms with Crippen LogP contribution in [-0.4, -0.2) is 52.3 Å². The molecule has 6 heterocycles. The quantitative estimate of drug-likeness (QED) is 0.455. The summed E-state index contributed by atoms with van der Waals surface area (Å²) in [5.41, 5.74) is 4.98. The molecule has 1 saturated heterocycles. The zero-order chi connectivity index (χ0) is 22.6. The number of fused-ring (bicyclic) bond motifs is 6. The van der Waals surface area contributed by atoms with Gasteiger partial charge < -0.3 is 9.64 Å². The summed E-state index contributed by atoms with van der Waals surface area (Å²) in [4.78, 5) is 29.4. The molecule has 0 aliphatic carbocycles. The number of aryl methyl sites for hydroxylation is 1. The molecule has 3 aromatic heterocycles. The lowest BCUT2D eigenvalue weighted by atomic mass is 9.96. The van der Waals surface area contributed by atoms with Gasteiger partial charge in [0.2, 0.25) is 0 Å². The van der Waals surface area contributed by atoms with Crippen LogP contribution in [0.25, 0.3) is 20.4 Å². The number of hydrogen-bond acceptors (Lipinski definition) is 7. The number of hydrogen-bond donors (Lipinski definition) is 0. The minimum absolute atomic E-state index is 0.115. The lowest BCUT2D eigenvalue weighted by Crippen LogP contribution is -2.39. The van der Waals surface area contributed by atoms with Crippen molar-refractivity contribution in [3.05, 3.63) is 63.2 Å². The lowest BCUT2D eigenvalue weighted by molar-refractivity contribution is 0.122. The fourth-order valence-corrected chi connectivity index (χ4v) is 6.83. The van der Waals surface area contributed by atoms with Crippen LogP contribution in [0, 0.1) is 0 Å². The molecule has 1 aromatic carbocycles. The van der Waals surface area contributed by atoms with Crippen molar-refractivity contribution in [2.45, 2.75) is 38.9 Å². The summed E-state index contributed by atoms with van der Waals surface area (Å²) in [6, 6.07) is 10.7. The predicted octanol–water partition coefficient (Wildman–Crippen LogP) is 3.35. The summed E-state index contributed by atoms with van der Waals surface area (Å²) < 4.78 is 8.27. The van der Waals surface area contributed by atoms with Gasteiger partial charge in [-0.1, -0.05) is 30.3 Å². The van der Waals surface area contributed by atoms with Crippen LogP contribution in [0.4, 0.5) is 5.82 Å². The van der Waals surface area contributed by atoms with Crippen molar-refractivity contribution in [1.82, 2.24) is 19.4 Å². The average molecular weight is 474 g/mol. The molecule has 0 unspecified atom stereocenters. The van der Waals surface area contributed by atoms with Crippen LogP contribution in [0.2, 0.25) is 0 Å². The van der Waals surface area contributed by atoms with Crippen LogP contribution in [-0.2, 0) is 37.2 Å². The summed E-state index contributed by atoms with van der Waals surface area (Å²) in [7, 11) is 0. The first-order valence-corrected chi connectivity index (χ1v) is 13.0. The van der Waals surface area contributed by atoms with Crippen molar-refractivity contribution in [3.63, 3.8) is 0 Å². The van der Waals surface area contributed by atoms with E-state index in [-0.39, 0.29) is 5.56 Å². The van der Waals surface area contributed by atoms with E-state index in [2.05, 4.69) is 40.1 Å². The number of nitrogens with zero attached hydrogens (tertiary/aromatic N) is 5. The van der Waals surface area contributed by atoms with Crippen molar-refractivity contribution in [3.8, 4) is 0 Å². The van der Waals surface area contributed by atoms with Gasteiger partial charge >= 0.3 is 0 Å². The van der Waals surface area contributed by atoms with Gasteiger partial charge in [-0.2, -0.15) is 0 Å². The number of aromatic nitrogens is 3. The SMILES string of the molecule is O=c1c2sc3nc(N4CCOCC4)c4c(c3c2nc2n1CCC2)CCN(Cc1ccccc1)C4. The third-order valence-electron chi connectivity index (χ3n) is 7.40. The second kappa shape index (κ2) is 8.15. The molecule has 8 heteroatoms. The summed E-state index contributed by atoms with van der Waals surface area (Å²) >= 11 is 1.53. The summed E-state index contributed by atoms with van der Waals surface area (Å²) in [5.74, 6) is 2.01. The summed E-state index contributed by atoms with van der Waals surface area (Å²) in [6.07, 6.45) is 2.84. The van der Waals surface area contributed by atoms with E-state index in [1.165, 1.54) is 28.0 Å². The lowest BCUT2D eigenvalue weighted by Gasteiger charge is -2.35. The molecule has 0 bridgehead atoms. The Bertz CT molecular complexity index is 1460. The van der Waals surface area contributed by atoms with Gasteiger partial charge in [0.15, 0.2) is 0 Å². The third-order valence-corrected chi connectivity index (χ3v) is 8.46. The highest BCUT2D eigenvalue weighted by atomic mass is 32.1. The van der Waals surface area contributed by atoms with Gasteiger partial charge in [-0.15, -0.1) is 11.3 Å². The zero-order valence-electron chi connectivity index (χ0n) is 19.1. The Balaban J connectivity index is 1.40. The molecule has 0 atom stereocenters. The van der Waals surface area contributed by atoms with Crippen molar-refractivity contribution in [2.75, 3.05) is 37.7 Å². The molecule has 0 saturated carbocycles. The topological polar surface area (TPSA) is 63.5 Å². The van der Waals surface area contributed by atoms with E-state index in [0.29, 0.717) is 0 Å². The minimum atomic E-state index is 0.115.